The number of rotatable bonds is 3. The fourth-order valence-corrected chi connectivity index (χ4v) is 4.16. The van der Waals surface area contributed by atoms with Crippen molar-refractivity contribution in [2.24, 2.45) is 0 Å². The van der Waals surface area contributed by atoms with Gasteiger partial charge in [0.2, 0.25) is 0 Å². The number of piperazine rings is 1. The number of aromatic nitrogens is 3. The van der Waals surface area contributed by atoms with E-state index in [9.17, 15) is 9.18 Å². The highest BCUT2D eigenvalue weighted by molar-refractivity contribution is 7.17. The normalized spacial score (nSPS) is 16.5. The summed E-state index contributed by atoms with van der Waals surface area (Å²) in [6.45, 7) is 3.65. The second-order valence-corrected chi connectivity index (χ2v) is 7.28. The molecule has 1 aliphatic heterocycles. The Morgan fingerprint density at radius 3 is 2.82 bits per heavy atom. The number of hydrogen-bond donors (Lipinski definition) is 1. The minimum Gasteiger partial charge on any atom is -0.328 e. The predicted octanol–water partition coefficient (Wildman–Crippen LogP) is 3.26. The first-order valence-corrected chi connectivity index (χ1v) is 9.47. The van der Waals surface area contributed by atoms with E-state index in [2.05, 4.69) is 20.3 Å². The summed E-state index contributed by atoms with van der Waals surface area (Å²) in [5, 5.41) is 3.91. The van der Waals surface area contributed by atoms with Gasteiger partial charge in [-0.25, -0.2) is 19.3 Å². The number of thiazole rings is 1. The van der Waals surface area contributed by atoms with Gasteiger partial charge in [-0.1, -0.05) is 12.1 Å². The van der Waals surface area contributed by atoms with Gasteiger partial charge in [0.1, 0.15) is 10.7 Å². The van der Waals surface area contributed by atoms with Gasteiger partial charge in [-0.2, -0.15) is 0 Å². The lowest BCUT2D eigenvalue weighted by atomic mass is 10.0. The highest BCUT2D eigenvalue weighted by Gasteiger charge is 2.31. The standard InChI is InChI=1S/C19H18FN5OS.ClH/c1-12-16(27-18(24-12)17-22-6-3-7-23-17)19(26)25-9-8-21-11-15(25)13-4-2-5-14(20)10-13;/h2-7,10,15,21H,8-9,11H2,1H3;1H. The van der Waals surface area contributed by atoms with Crippen LogP contribution in [0.3, 0.4) is 0 Å². The number of benzene rings is 1. The van der Waals surface area contributed by atoms with Crippen LogP contribution in [0.4, 0.5) is 4.39 Å². The Morgan fingerprint density at radius 2 is 2.07 bits per heavy atom. The summed E-state index contributed by atoms with van der Waals surface area (Å²) in [5.41, 5.74) is 1.44. The molecule has 3 heterocycles. The molecular formula is C19H19ClFN5OS. The van der Waals surface area contributed by atoms with Gasteiger partial charge in [0.05, 0.1) is 11.7 Å². The Kier molecular flexibility index (Phi) is 6.33. The second-order valence-electron chi connectivity index (χ2n) is 6.28. The zero-order valence-corrected chi connectivity index (χ0v) is 16.8. The zero-order chi connectivity index (χ0) is 18.8. The molecule has 0 radical (unpaired) electrons. The molecule has 146 valence electrons. The third-order valence-electron chi connectivity index (χ3n) is 4.49. The smallest absolute Gasteiger partial charge is 0.266 e. The van der Waals surface area contributed by atoms with Gasteiger partial charge >= 0.3 is 0 Å². The summed E-state index contributed by atoms with van der Waals surface area (Å²) >= 11 is 1.29. The summed E-state index contributed by atoms with van der Waals surface area (Å²) in [7, 11) is 0. The molecule has 9 heteroatoms. The second kappa shape index (κ2) is 8.72. The maximum Gasteiger partial charge on any atom is 0.266 e. The summed E-state index contributed by atoms with van der Waals surface area (Å²) in [6, 6.07) is 7.93. The highest BCUT2D eigenvalue weighted by Crippen LogP contribution is 2.30. The lowest BCUT2D eigenvalue weighted by Gasteiger charge is -2.36. The molecule has 2 aromatic heterocycles. The number of nitrogens with zero attached hydrogens (tertiary/aromatic N) is 4. The molecule has 1 saturated heterocycles. The Bertz CT molecular complexity index is 968. The molecule has 0 spiro atoms. The molecule has 1 fully saturated rings. The van der Waals surface area contributed by atoms with Crippen molar-refractivity contribution in [2.45, 2.75) is 13.0 Å². The monoisotopic (exact) mass is 419 g/mol. The van der Waals surface area contributed by atoms with Crippen molar-refractivity contribution in [1.82, 2.24) is 25.2 Å². The van der Waals surface area contributed by atoms with Crippen LogP contribution in [0.5, 0.6) is 0 Å². The Morgan fingerprint density at radius 1 is 1.29 bits per heavy atom. The molecule has 1 atom stereocenters. The SMILES string of the molecule is Cc1nc(-c2ncccn2)sc1C(=O)N1CCNCC1c1cccc(F)c1.Cl. The fraction of sp³-hybridized carbons (Fsp3) is 0.263. The van der Waals surface area contributed by atoms with Gasteiger partial charge in [-0.05, 0) is 30.7 Å². The van der Waals surface area contributed by atoms with Crippen LogP contribution in [-0.2, 0) is 0 Å². The molecule has 6 nitrogen and oxygen atoms in total. The molecule has 28 heavy (non-hydrogen) atoms. The summed E-state index contributed by atoms with van der Waals surface area (Å²) < 4.78 is 13.7. The van der Waals surface area contributed by atoms with Crippen LogP contribution in [0.25, 0.3) is 10.8 Å². The molecule has 1 amide bonds. The summed E-state index contributed by atoms with van der Waals surface area (Å²) in [4.78, 5) is 28.5. The quantitative estimate of drug-likeness (QED) is 0.705. The van der Waals surface area contributed by atoms with Crippen molar-refractivity contribution in [3.05, 3.63) is 64.7 Å². The van der Waals surface area contributed by atoms with Crippen molar-refractivity contribution in [3.63, 3.8) is 0 Å². The van der Waals surface area contributed by atoms with E-state index in [1.165, 1.54) is 23.5 Å². The maximum atomic E-state index is 13.7. The molecule has 0 saturated carbocycles. The van der Waals surface area contributed by atoms with Crippen molar-refractivity contribution >= 4 is 29.7 Å². The number of halogens is 2. The number of carbonyl (C=O) groups is 1. The van der Waals surface area contributed by atoms with Crippen LogP contribution in [0.2, 0.25) is 0 Å². The first-order valence-electron chi connectivity index (χ1n) is 8.65. The van der Waals surface area contributed by atoms with Crippen molar-refractivity contribution in [3.8, 4) is 10.8 Å². The van der Waals surface area contributed by atoms with Gasteiger partial charge in [0, 0.05) is 32.0 Å². The number of nitrogens with one attached hydrogen (secondary N) is 1. The van der Waals surface area contributed by atoms with E-state index in [1.54, 1.807) is 29.4 Å². The molecule has 4 rings (SSSR count). The Balaban J connectivity index is 0.00000225. The lowest BCUT2D eigenvalue weighted by Crippen LogP contribution is -2.48. The Hall–Kier alpha value is -2.42. The van der Waals surface area contributed by atoms with Crippen LogP contribution in [-0.4, -0.2) is 45.4 Å². The number of hydrogen-bond acceptors (Lipinski definition) is 6. The van der Waals surface area contributed by atoms with E-state index in [1.807, 2.05) is 13.0 Å². The minimum absolute atomic E-state index is 0. The predicted molar refractivity (Wildman–Crippen MR) is 108 cm³/mol. The van der Waals surface area contributed by atoms with E-state index < -0.39 is 0 Å². The van der Waals surface area contributed by atoms with Crippen LogP contribution in [0.1, 0.15) is 27.0 Å². The highest BCUT2D eigenvalue weighted by atomic mass is 35.5. The molecule has 1 N–H and O–H groups in total. The minimum atomic E-state index is -0.303. The maximum absolute atomic E-state index is 13.7. The van der Waals surface area contributed by atoms with E-state index in [-0.39, 0.29) is 30.2 Å². The number of carbonyl (C=O) groups excluding carboxylic acids is 1. The average Bonchev–Trinajstić information content (AvgIpc) is 3.10. The van der Waals surface area contributed by atoms with Crippen molar-refractivity contribution in [2.75, 3.05) is 19.6 Å². The van der Waals surface area contributed by atoms with Crippen molar-refractivity contribution in [1.29, 1.82) is 0 Å². The first-order chi connectivity index (χ1) is 13.1. The molecule has 1 aliphatic rings. The van der Waals surface area contributed by atoms with Crippen LogP contribution < -0.4 is 5.32 Å². The van der Waals surface area contributed by atoms with Crippen LogP contribution in [0.15, 0.2) is 42.7 Å². The van der Waals surface area contributed by atoms with Gasteiger partial charge in [-0.3, -0.25) is 4.79 Å². The number of amides is 1. The molecule has 0 bridgehead atoms. The summed E-state index contributed by atoms with van der Waals surface area (Å²) in [6.07, 6.45) is 3.30. The van der Waals surface area contributed by atoms with Gasteiger partial charge < -0.3 is 10.2 Å². The molecule has 1 aromatic carbocycles. The van der Waals surface area contributed by atoms with Gasteiger partial charge in [-0.15, -0.1) is 23.7 Å². The van der Waals surface area contributed by atoms with E-state index in [4.69, 9.17) is 0 Å². The average molecular weight is 420 g/mol. The van der Waals surface area contributed by atoms with Crippen LogP contribution >= 0.6 is 23.7 Å². The molecule has 1 unspecified atom stereocenters. The lowest BCUT2D eigenvalue weighted by molar-refractivity contribution is 0.0638. The fourth-order valence-electron chi connectivity index (χ4n) is 3.19. The number of aryl methyl sites for hydroxylation is 1. The first kappa shape index (κ1) is 20.3. The van der Waals surface area contributed by atoms with Gasteiger partial charge in [0.25, 0.3) is 5.91 Å². The van der Waals surface area contributed by atoms with E-state index >= 15 is 0 Å². The van der Waals surface area contributed by atoms with Crippen molar-refractivity contribution < 1.29 is 9.18 Å². The molecule has 0 aliphatic carbocycles. The molecular weight excluding hydrogens is 401 g/mol. The van der Waals surface area contributed by atoms with Gasteiger partial charge in [0.15, 0.2) is 10.8 Å². The third-order valence-corrected chi connectivity index (χ3v) is 5.63. The van der Waals surface area contributed by atoms with E-state index in [0.717, 1.165) is 5.56 Å². The zero-order valence-electron chi connectivity index (χ0n) is 15.1. The Labute approximate surface area is 172 Å². The third kappa shape index (κ3) is 4.04. The van der Waals surface area contributed by atoms with E-state index in [0.29, 0.717) is 41.0 Å². The van der Waals surface area contributed by atoms with Crippen LogP contribution in [0, 0.1) is 12.7 Å². The summed E-state index contributed by atoms with van der Waals surface area (Å²) in [5.74, 6) is 0.109. The molecule has 3 aromatic rings. The topological polar surface area (TPSA) is 71.0 Å². The largest absolute Gasteiger partial charge is 0.328 e.